The Labute approximate surface area is 213 Å². The Kier molecular flexibility index (Phi) is 6.99. The SMILES string of the molecule is O=C(CSc1nc2sc3c(c2c(=O)n1-c1ccc(Cl)cc1)CCCC3)NN=Cc1ccccc1F. The summed E-state index contributed by atoms with van der Waals surface area (Å²) in [6, 6.07) is 13.1. The predicted octanol–water partition coefficient (Wildman–Crippen LogP) is 5.36. The summed E-state index contributed by atoms with van der Waals surface area (Å²) in [5, 5.41) is 5.48. The molecule has 0 unspecified atom stereocenters. The van der Waals surface area contributed by atoms with Gasteiger partial charge in [0.2, 0.25) is 0 Å². The molecule has 0 atom stereocenters. The van der Waals surface area contributed by atoms with Crippen LogP contribution in [0.2, 0.25) is 5.02 Å². The number of thioether (sulfide) groups is 1. The zero-order valence-electron chi connectivity index (χ0n) is 18.5. The second kappa shape index (κ2) is 10.3. The molecule has 5 rings (SSSR count). The van der Waals surface area contributed by atoms with Gasteiger partial charge in [-0.25, -0.2) is 14.8 Å². The number of benzene rings is 2. The molecule has 10 heteroatoms. The Morgan fingerprint density at radius 1 is 1.20 bits per heavy atom. The van der Waals surface area contributed by atoms with Crippen molar-refractivity contribution in [1.29, 1.82) is 0 Å². The molecule has 4 aromatic rings. The lowest BCUT2D eigenvalue weighted by molar-refractivity contribution is -0.118. The van der Waals surface area contributed by atoms with Crippen molar-refractivity contribution >= 4 is 57.0 Å². The fourth-order valence-electron chi connectivity index (χ4n) is 4.02. The normalized spacial score (nSPS) is 13.3. The van der Waals surface area contributed by atoms with Gasteiger partial charge in [-0.3, -0.25) is 14.2 Å². The van der Waals surface area contributed by atoms with E-state index in [1.165, 1.54) is 17.2 Å². The summed E-state index contributed by atoms with van der Waals surface area (Å²) in [5.41, 5.74) is 4.26. The van der Waals surface area contributed by atoms with E-state index >= 15 is 0 Å². The quantitative estimate of drug-likeness (QED) is 0.159. The number of fused-ring (bicyclic) bond motifs is 3. The number of hydrogen-bond donors (Lipinski definition) is 1. The molecular formula is C25H20ClFN4O2S2. The van der Waals surface area contributed by atoms with Crippen molar-refractivity contribution in [3.63, 3.8) is 0 Å². The number of aromatic nitrogens is 2. The average molecular weight is 527 g/mol. The molecule has 2 heterocycles. The lowest BCUT2D eigenvalue weighted by Crippen LogP contribution is -2.24. The van der Waals surface area contributed by atoms with Crippen LogP contribution in [0.25, 0.3) is 15.9 Å². The van der Waals surface area contributed by atoms with Gasteiger partial charge in [0.05, 0.1) is 23.0 Å². The molecule has 0 radical (unpaired) electrons. The third-order valence-corrected chi connectivity index (χ3v) is 8.05. The van der Waals surface area contributed by atoms with E-state index in [9.17, 15) is 14.0 Å². The lowest BCUT2D eigenvalue weighted by Gasteiger charge is -2.13. The van der Waals surface area contributed by atoms with Crippen LogP contribution in [0, 0.1) is 5.82 Å². The molecule has 0 bridgehead atoms. The van der Waals surface area contributed by atoms with Gasteiger partial charge in [-0.05, 0) is 61.6 Å². The highest BCUT2D eigenvalue weighted by Gasteiger charge is 2.23. The van der Waals surface area contributed by atoms with E-state index in [1.807, 2.05) is 0 Å². The van der Waals surface area contributed by atoms with Gasteiger partial charge in [-0.15, -0.1) is 11.3 Å². The Hall–Kier alpha value is -3.01. The molecule has 2 aromatic carbocycles. The molecule has 1 aliphatic carbocycles. The topological polar surface area (TPSA) is 76.3 Å². The number of hydrogen-bond acceptors (Lipinski definition) is 6. The van der Waals surface area contributed by atoms with Crippen LogP contribution in [0.3, 0.4) is 0 Å². The van der Waals surface area contributed by atoms with Gasteiger partial charge in [-0.1, -0.05) is 41.6 Å². The third kappa shape index (κ3) is 5.03. The van der Waals surface area contributed by atoms with E-state index in [0.29, 0.717) is 26.1 Å². The first kappa shape index (κ1) is 23.7. The smallest absolute Gasteiger partial charge is 0.267 e. The predicted molar refractivity (Wildman–Crippen MR) is 140 cm³/mol. The van der Waals surface area contributed by atoms with Crippen LogP contribution in [0.4, 0.5) is 4.39 Å². The molecule has 1 amide bonds. The zero-order valence-corrected chi connectivity index (χ0v) is 20.9. The van der Waals surface area contributed by atoms with Crippen LogP contribution in [-0.4, -0.2) is 27.4 Å². The maximum absolute atomic E-state index is 13.7. The minimum absolute atomic E-state index is 0.0226. The molecule has 0 fully saturated rings. The summed E-state index contributed by atoms with van der Waals surface area (Å²) < 4.78 is 15.3. The molecule has 2 aromatic heterocycles. The largest absolute Gasteiger partial charge is 0.272 e. The number of rotatable bonds is 6. The monoisotopic (exact) mass is 526 g/mol. The minimum Gasteiger partial charge on any atom is -0.272 e. The molecule has 0 saturated carbocycles. The number of carbonyl (C=O) groups is 1. The highest BCUT2D eigenvalue weighted by molar-refractivity contribution is 7.99. The molecule has 35 heavy (non-hydrogen) atoms. The maximum Gasteiger partial charge on any atom is 0.267 e. The first-order valence-electron chi connectivity index (χ1n) is 11.0. The summed E-state index contributed by atoms with van der Waals surface area (Å²) in [4.78, 5) is 32.8. The van der Waals surface area contributed by atoms with E-state index in [4.69, 9.17) is 16.6 Å². The van der Waals surface area contributed by atoms with Crippen molar-refractivity contribution in [3.8, 4) is 5.69 Å². The number of nitrogens with zero attached hydrogens (tertiary/aromatic N) is 3. The average Bonchev–Trinajstić information content (AvgIpc) is 3.23. The molecular weight excluding hydrogens is 507 g/mol. The van der Waals surface area contributed by atoms with E-state index in [2.05, 4.69) is 10.5 Å². The lowest BCUT2D eigenvalue weighted by atomic mass is 9.97. The minimum atomic E-state index is -0.428. The van der Waals surface area contributed by atoms with Gasteiger partial charge in [-0.2, -0.15) is 5.10 Å². The van der Waals surface area contributed by atoms with Gasteiger partial charge in [0.1, 0.15) is 10.6 Å². The second-order valence-electron chi connectivity index (χ2n) is 8.01. The summed E-state index contributed by atoms with van der Waals surface area (Å²) in [6.07, 6.45) is 5.26. The van der Waals surface area contributed by atoms with Gasteiger partial charge in [0.15, 0.2) is 5.16 Å². The zero-order chi connectivity index (χ0) is 24.4. The van der Waals surface area contributed by atoms with Crippen LogP contribution in [0.5, 0.6) is 0 Å². The van der Waals surface area contributed by atoms with Crippen molar-refractivity contribution in [2.75, 3.05) is 5.75 Å². The Bertz CT molecular complexity index is 1500. The Morgan fingerprint density at radius 2 is 1.97 bits per heavy atom. The molecule has 178 valence electrons. The van der Waals surface area contributed by atoms with Crippen LogP contribution in [0.1, 0.15) is 28.8 Å². The first-order valence-corrected chi connectivity index (χ1v) is 13.2. The number of aryl methyl sites for hydroxylation is 2. The second-order valence-corrected chi connectivity index (χ2v) is 10.5. The fraction of sp³-hybridized carbons (Fsp3) is 0.200. The van der Waals surface area contributed by atoms with Crippen molar-refractivity contribution in [2.45, 2.75) is 30.8 Å². The van der Waals surface area contributed by atoms with Gasteiger partial charge < -0.3 is 0 Å². The van der Waals surface area contributed by atoms with Crippen LogP contribution < -0.4 is 11.0 Å². The van der Waals surface area contributed by atoms with E-state index in [-0.39, 0.29) is 16.9 Å². The highest BCUT2D eigenvalue weighted by Crippen LogP contribution is 2.35. The Morgan fingerprint density at radius 3 is 2.77 bits per heavy atom. The van der Waals surface area contributed by atoms with Crippen molar-refractivity contribution < 1.29 is 9.18 Å². The third-order valence-electron chi connectivity index (χ3n) is 5.67. The molecule has 1 N–H and O–H groups in total. The summed E-state index contributed by atoms with van der Waals surface area (Å²) >= 11 is 8.77. The number of thiophene rings is 1. The van der Waals surface area contributed by atoms with E-state index in [1.54, 1.807) is 58.4 Å². The van der Waals surface area contributed by atoms with Crippen LogP contribution in [-0.2, 0) is 17.6 Å². The summed E-state index contributed by atoms with van der Waals surface area (Å²) in [6.45, 7) is 0. The number of hydrazone groups is 1. The van der Waals surface area contributed by atoms with Gasteiger partial charge >= 0.3 is 0 Å². The van der Waals surface area contributed by atoms with E-state index < -0.39 is 11.7 Å². The van der Waals surface area contributed by atoms with Crippen molar-refractivity contribution in [3.05, 3.63) is 85.7 Å². The van der Waals surface area contributed by atoms with Gasteiger partial charge in [0, 0.05) is 15.5 Å². The summed E-state index contributed by atoms with van der Waals surface area (Å²) in [7, 11) is 0. The molecule has 1 aliphatic rings. The summed E-state index contributed by atoms with van der Waals surface area (Å²) in [5.74, 6) is -0.848. The standard InChI is InChI=1S/C25H20ClFN4O2S2/c26-16-9-11-17(12-10-16)31-24(33)22-18-6-2-4-8-20(18)35-23(22)29-25(31)34-14-21(32)30-28-13-15-5-1-3-7-19(15)27/h1,3,5,7,9-13H,2,4,6,8,14H2,(H,30,32). The maximum atomic E-state index is 13.7. The molecule has 0 aliphatic heterocycles. The Balaban J connectivity index is 1.44. The van der Waals surface area contributed by atoms with Crippen LogP contribution >= 0.6 is 34.7 Å². The molecule has 6 nitrogen and oxygen atoms in total. The molecule has 0 spiro atoms. The van der Waals surface area contributed by atoms with Gasteiger partial charge in [0.25, 0.3) is 11.5 Å². The number of carbonyl (C=O) groups excluding carboxylic acids is 1. The van der Waals surface area contributed by atoms with Crippen LogP contribution in [0.15, 0.2) is 63.6 Å². The highest BCUT2D eigenvalue weighted by atomic mass is 35.5. The fourth-order valence-corrected chi connectivity index (χ4v) is 6.25. The number of amides is 1. The van der Waals surface area contributed by atoms with Crippen molar-refractivity contribution in [2.24, 2.45) is 5.10 Å². The first-order chi connectivity index (χ1) is 17.0. The van der Waals surface area contributed by atoms with E-state index in [0.717, 1.165) is 43.0 Å². The van der Waals surface area contributed by atoms with Crippen molar-refractivity contribution in [1.82, 2.24) is 15.0 Å². The number of nitrogens with one attached hydrogen (secondary N) is 1. The number of halogens is 2. The molecule has 0 saturated heterocycles.